The van der Waals surface area contributed by atoms with Gasteiger partial charge < -0.3 is 9.88 Å². The number of carbonyl (C=O) groups is 1. The maximum atomic E-state index is 12.9. The highest BCUT2D eigenvalue weighted by molar-refractivity contribution is 7.99. The number of carbonyl (C=O) groups excluding carboxylic acids is 1. The van der Waals surface area contributed by atoms with E-state index in [4.69, 9.17) is 0 Å². The summed E-state index contributed by atoms with van der Waals surface area (Å²) in [4.78, 5) is 15.7. The number of amides is 1. The van der Waals surface area contributed by atoms with Crippen molar-refractivity contribution in [3.63, 3.8) is 0 Å². The van der Waals surface area contributed by atoms with Gasteiger partial charge in [0.25, 0.3) is 0 Å². The predicted molar refractivity (Wildman–Crippen MR) is 84.8 cm³/mol. The molecule has 0 aliphatic carbocycles. The van der Waals surface area contributed by atoms with Crippen LogP contribution in [0.3, 0.4) is 0 Å². The number of hydrogen-bond donors (Lipinski definition) is 1. The number of halogens is 6. The van der Waals surface area contributed by atoms with E-state index in [1.165, 1.54) is 10.6 Å². The van der Waals surface area contributed by atoms with Crippen molar-refractivity contribution in [1.29, 1.82) is 0 Å². The van der Waals surface area contributed by atoms with Crippen LogP contribution in [0.2, 0.25) is 0 Å². The van der Waals surface area contributed by atoms with Gasteiger partial charge in [0, 0.05) is 6.54 Å². The Morgan fingerprint density at radius 1 is 1.23 bits per heavy atom. The van der Waals surface area contributed by atoms with Crippen LogP contribution in [0.5, 0.6) is 0 Å². The van der Waals surface area contributed by atoms with Gasteiger partial charge in [0.1, 0.15) is 6.54 Å². The zero-order chi connectivity index (χ0) is 19.5. The van der Waals surface area contributed by atoms with E-state index in [1.807, 2.05) is 6.92 Å². The molecule has 2 aromatic rings. The summed E-state index contributed by atoms with van der Waals surface area (Å²) >= 11 is 0.876. The summed E-state index contributed by atoms with van der Waals surface area (Å²) in [5.74, 6) is -1.16. The van der Waals surface area contributed by atoms with Crippen LogP contribution in [0.1, 0.15) is 18.9 Å². The van der Waals surface area contributed by atoms with Crippen molar-refractivity contribution in [2.75, 3.05) is 12.3 Å². The minimum atomic E-state index is -4.51. The number of fused-ring (bicyclic) bond motifs is 1. The molecule has 1 amide bonds. The van der Waals surface area contributed by atoms with Gasteiger partial charge in [0.05, 0.1) is 22.3 Å². The Morgan fingerprint density at radius 3 is 2.50 bits per heavy atom. The second kappa shape index (κ2) is 7.77. The van der Waals surface area contributed by atoms with Crippen molar-refractivity contribution < 1.29 is 31.1 Å². The van der Waals surface area contributed by atoms with E-state index in [2.05, 4.69) is 4.98 Å². The summed E-state index contributed by atoms with van der Waals surface area (Å²) < 4.78 is 76.5. The van der Waals surface area contributed by atoms with E-state index in [9.17, 15) is 31.1 Å². The van der Waals surface area contributed by atoms with E-state index >= 15 is 0 Å². The molecule has 0 saturated heterocycles. The maximum Gasteiger partial charge on any atom is 0.416 e. The lowest BCUT2D eigenvalue weighted by atomic mass is 10.2. The van der Waals surface area contributed by atoms with Crippen LogP contribution in [0.15, 0.2) is 23.4 Å². The van der Waals surface area contributed by atoms with Crippen molar-refractivity contribution in [2.24, 2.45) is 0 Å². The van der Waals surface area contributed by atoms with Crippen LogP contribution in [0.4, 0.5) is 26.3 Å². The van der Waals surface area contributed by atoms with Crippen LogP contribution < -0.4 is 5.32 Å². The molecule has 0 aliphatic heterocycles. The van der Waals surface area contributed by atoms with Gasteiger partial charge in [-0.1, -0.05) is 18.7 Å². The fourth-order valence-corrected chi connectivity index (χ4v) is 3.08. The number of rotatable bonds is 6. The topological polar surface area (TPSA) is 46.9 Å². The molecule has 0 saturated carbocycles. The van der Waals surface area contributed by atoms with Gasteiger partial charge in [-0.05, 0) is 24.6 Å². The minimum absolute atomic E-state index is 0.264. The van der Waals surface area contributed by atoms with Gasteiger partial charge in [-0.2, -0.15) is 26.3 Å². The number of imidazole rings is 1. The Kier molecular flexibility index (Phi) is 6.09. The molecule has 1 heterocycles. The molecule has 4 nitrogen and oxygen atoms in total. The van der Waals surface area contributed by atoms with E-state index in [0.717, 1.165) is 23.9 Å². The third kappa shape index (κ3) is 5.29. The Hall–Kier alpha value is -1.91. The van der Waals surface area contributed by atoms with Crippen molar-refractivity contribution in [2.45, 2.75) is 37.4 Å². The fourth-order valence-electron chi connectivity index (χ4n) is 2.21. The highest BCUT2D eigenvalue weighted by Gasteiger charge is 2.31. The van der Waals surface area contributed by atoms with Crippen LogP contribution in [0.25, 0.3) is 11.0 Å². The molecule has 1 aromatic carbocycles. The predicted octanol–water partition coefficient (Wildman–Crippen LogP) is 4.24. The lowest BCUT2D eigenvalue weighted by Crippen LogP contribution is -2.34. The molecule has 0 radical (unpaired) electrons. The first-order valence-electron chi connectivity index (χ1n) is 7.55. The van der Waals surface area contributed by atoms with Gasteiger partial charge in [0.2, 0.25) is 5.91 Å². The SMILES string of the molecule is CCCn1c(SCC(=O)NCC(F)(F)F)nc2ccc(C(F)(F)F)cc21. The first-order valence-corrected chi connectivity index (χ1v) is 8.53. The zero-order valence-corrected chi connectivity index (χ0v) is 14.4. The molecular weight excluding hydrogens is 384 g/mol. The average molecular weight is 399 g/mol. The number of alkyl halides is 6. The number of nitrogens with one attached hydrogen (secondary N) is 1. The molecule has 0 aliphatic rings. The Bertz CT molecular complexity index is 784. The lowest BCUT2D eigenvalue weighted by molar-refractivity contribution is -0.137. The number of benzene rings is 1. The van der Waals surface area contributed by atoms with Crippen molar-refractivity contribution in [3.8, 4) is 0 Å². The van der Waals surface area contributed by atoms with Gasteiger partial charge in [-0.25, -0.2) is 4.98 Å². The first-order chi connectivity index (χ1) is 12.0. The summed E-state index contributed by atoms with van der Waals surface area (Å²) in [5.41, 5.74) is -0.230. The normalized spacial score (nSPS) is 12.6. The number of aromatic nitrogens is 2. The second-order valence-electron chi connectivity index (χ2n) is 5.43. The molecular formula is C15H15F6N3OS. The van der Waals surface area contributed by atoms with E-state index in [-0.39, 0.29) is 16.4 Å². The minimum Gasteiger partial charge on any atom is -0.346 e. The summed E-state index contributed by atoms with van der Waals surface area (Å²) in [6.07, 6.45) is -8.40. The number of thioether (sulfide) groups is 1. The molecule has 0 unspecified atom stereocenters. The van der Waals surface area contributed by atoms with Gasteiger partial charge in [0.15, 0.2) is 5.16 Å². The van der Waals surface area contributed by atoms with Crippen LogP contribution in [0, 0.1) is 0 Å². The van der Waals surface area contributed by atoms with Gasteiger partial charge in [-0.15, -0.1) is 0 Å². The first kappa shape index (κ1) is 20.4. The number of nitrogens with zero attached hydrogens (tertiary/aromatic N) is 2. The van der Waals surface area contributed by atoms with E-state index < -0.39 is 30.4 Å². The fraction of sp³-hybridized carbons (Fsp3) is 0.467. The van der Waals surface area contributed by atoms with E-state index in [0.29, 0.717) is 18.5 Å². The molecule has 11 heteroatoms. The summed E-state index contributed by atoms with van der Waals surface area (Å²) in [6.45, 7) is 0.751. The zero-order valence-electron chi connectivity index (χ0n) is 13.5. The smallest absolute Gasteiger partial charge is 0.346 e. The quantitative estimate of drug-likeness (QED) is 0.584. The van der Waals surface area contributed by atoms with Crippen LogP contribution in [-0.4, -0.2) is 33.9 Å². The average Bonchev–Trinajstić information content (AvgIpc) is 2.87. The van der Waals surface area contributed by atoms with Crippen LogP contribution in [-0.2, 0) is 17.5 Å². The molecule has 0 spiro atoms. The highest BCUT2D eigenvalue weighted by atomic mass is 32.2. The highest BCUT2D eigenvalue weighted by Crippen LogP contribution is 2.33. The molecule has 144 valence electrons. The summed E-state index contributed by atoms with van der Waals surface area (Å²) in [7, 11) is 0. The van der Waals surface area contributed by atoms with Crippen molar-refractivity contribution in [1.82, 2.24) is 14.9 Å². The standard InChI is InChI=1S/C15H15F6N3OS/c1-2-5-24-11-6-9(15(19,20)21)3-4-10(11)23-13(24)26-7-12(25)22-8-14(16,17)18/h3-4,6H,2,5,7-8H2,1H3,(H,22,25). The summed E-state index contributed by atoms with van der Waals surface area (Å²) in [6, 6.07) is 3.12. The molecule has 0 bridgehead atoms. The van der Waals surface area contributed by atoms with Crippen molar-refractivity contribution in [3.05, 3.63) is 23.8 Å². The third-order valence-electron chi connectivity index (χ3n) is 3.31. The Labute approximate surface area is 148 Å². The maximum absolute atomic E-state index is 12.9. The number of aryl methyl sites for hydroxylation is 1. The third-order valence-corrected chi connectivity index (χ3v) is 4.28. The largest absolute Gasteiger partial charge is 0.416 e. The second-order valence-corrected chi connectivity index (χ2v) is 6.37. The molecule has 2 rings (SSSR count). The Balaban J connectivity index is 2.21. The molecule has 1 aromatic heterocycles. The van der Waals surface area contributed by atoms with Crippen LogP contribution >= 0.6 is 11.8 Å². The monoisotopic (exact) mass is 399 g/mol. The van der Waals surface area contributed by atoms with E-state index in [1.54, 1.807) is 5.32 Å². The number of hydrogen-bond acceptors (Lipinski definition) is 3. The molecule has 0 fully saturated rings. The van der Waals surface area contributed by atoms with Crippen molar-refractivity contribution >= 4 is 28.7 Å². The molecule has 0 atom stereocenters. The molecule has 26 heavy (non-hydrogen) atoms. The molecule has 1 N–H and O–H groups in total. The Morgan fingerprint density at radius 2 is 1.92 bits per heavy atom. The summed E-state index contributed by atoms with van der Waals surface area (Å²) in [5, 5.41) is 2.02. The van der Waals surface area contributed by atoms with Gasteiger partial charge in [-0.3, -0.25) is 4.79 Å². The van der Waals surface area contributed by atoms with Gasteiger partial charge >= 0.3 is 12.4 Å². The lowest BCUT2D eigenvalue weighted by Gasteiger charge is -2.10.